The minimum Gasteiger partial charge on any atom is -0.507 e. The van der Waals surface area contributed by atoms with Crippen LogP contribution in [0, 0.1) is 6.92 Å². The molecule has 0 saturated carbocycles. The van der Waals surface area contributed by atoms with Crippen LogP contribution in [-0.2, 0) is 0 Å². The number of benzene rings is 3. The van der Waals surface area contributed by atoms with Crippen molar-refractivity contribution in [2.45, 2.75) is 19.4 Å². The molecule has 4 rings (SSSR count). The number of carbonyl (C=O) groups excluding carboxylic acids is 1. The van der Waals surface area contributed by atoms with Gasteiger partial charge < -0.3 is 5.11 Å². The summed E-state index contributed by atoms with van der Waals surface area (Å²) in [6, 6.07) is 22.3. The molecule has 0 aromatic heterocycles. The van der Waals surface area contributed by atoms with E-state index >= 15 is 0 Å². The van der Waals surface area contributed by atoms with Crippen molar-refractivity contribution in [1.82, 2.24) is 5.01 Å². The van der Waals surface area contributed by atoms with Gasteiger partial charge in [0.2, 0.25) is 0 Å². The average Bonchev–Trinajstić information content (AvgIpc) is 3.14. The molecule has 1 aliphatic heterocycles. The number of halogens is 1. The predicted molar refractivity (Wildman–Crippen MR) is 113 cm³/mol. The molecule has 0 fully saturated rings. The zero-order valence-electron chi connectivity index (χ0n) is 15.3. The number of rotatable bonds is 3. The number of phenolic OH excluding ortho intramolecular Hbond substituents is 1. The van der Waals surface area contributed by atoms with E-state index in [-0.39, 0.29) is 17.7 Å². The van der Waals surface area contributed by atoms with Crippen molar-refractivity contribution in [3.63, 3.8) is 0 Å². The molecule has 0 bridgehead atoms. The Morgan fingerprint density at radius 3 is 2.39 bits per heavy atom. The van der Waals surface area contributed by atoms with Crippen molar-refractivity contribution in [2.24, 2.45) is 5.10 Å². The van der Waals surface area contributed by atoms with Gasteiger partial charge in [-0.3, -0.25) is 4.79 Å². The van der Waals surface area contributed by atoms with Crippen LogP contribution in [0.5, 0.6) is 5.75 Å². The van der Waals surface area contributed by atoms with Gasteiger partial charge in [-0.1, -0.05) is 57.9 Å². The molecule has 0 spiro atoms. The summed E-state index contributed by atoms with van der Waals surface area (Å²) in [7, 11) is 0. The summed E-state index contributed by atoms with van der Waals surface area (Å²) < 4.78 is 0.979. The molecule has 1 heterocycles. The fourth-order valence-corrected chi connectivity index (χ4v) is 3.62. The van der Waals surface area contributed by atoms with Crippen LogP contribution in [0.25, 0.3) is 0 Å². The van der Waals surface area contributed by atoms with Crippen LogP contribution in [0.2, 0.25) is 0 Å². The van der Waals surface area contributed by atoms with Gasteiger partial charge in [0.25, 0.3) is 5.91 Å². The van der Waals surface area contributed by atoms with Crippen molar-refractivity contribution >= 4 is 27.5 Å². The lowest BCUT2D eigenvalue weighted by atomic mass is 9.97. The molecule has 4 nitrogen and oxygen atoms in total. The fraction of sp³-hybridized carbons (Fsp3) is 0.130. The highest BCUT2D eigenvalue weighted by molar-refractivity contribution is 9.10. The Balaban J connectivity index is 1.75. The molecular weight excluding hydrogens is 416 g/mol. The van der Waals surface area contributed by atoms with E-state index in [1.54, 1.807) is 12.1 Å². The van der Waals surface area contributed by atoms with Gasteiger partial charge in [0.15, 0.2) is 0 Å². The average molecular weight is 435 g/mol. The van der Waals surface area contributed by atoms with Crippen LogP contribution < -0.4 is 0 Å². The number of hydrogen-bond donors (Lipinski definition) is 1. The lowest BCUT2D eigenvalue weighted by molar-refractivity contribution is 0.0711. The summed E-state index contributed by atoms with van der Waals surface area (Å²) in [4.78, 5) is 13.2. The number of para-hydroxylation sites is 1. The maximum absolute atomic E-state index is 13.2. The third kappa shape index (κ3) is 3.58. The Labute approximate surface area is 172 Å². The number of nitrogens with zero attached hydrogens (tertiary/aromatic N) is 2. The lowest BCUT2D eigenvalue weighted by Crippen LogP contribution is -2.27. The van der Waals surface area contributed by atoms with E-state index in [0.29, 0.717) is 23.3 Å². The van der Waals surface area contributed by atoms with Gasteiger partial charge in [0, 0.05) is 22.0 Å². The van der Waals surface area contributed by atoms with Crippen molar-refractivity contribution in [1.29, 1.82) is 0 Å². The van der Waals surface area contributed by atoms with Crippen LogP contribution in [0.4, 0.5) is 0 Å². The zero-order chi connectivity index (χ0) is 19.7. The molecule has 140 valence electrons. The highest BCUT2D eigenvalue weighted by atomic mass is 79.9. The van der Waals surface area contributed by atoms with E-state index in [4.69, 9.17) is 0 Å². The van der Waals surface area contributed by atoms with Gasteiger partial charge in [-0.05, 0) is 48.9 Å². The maximum atomic E-state index is 13.2. The van der Waals surface area contributed by atoms with Gasteiger partial charge in [0.1, 0.15) is 5.75 Å². The van der Waals surface area contributed by atoms with E-state index < -0.39 is 0 Å². The van der Waals surface area contributed by atoms with Crippen LogP contribution in [0.15, 0.2) is 82.4 Å². The highest BCUT2D eigenvalue weighted by Crippen LogP contribution is 2.36. The van der Waals surface area contributed by atoms with E-state index in [0.717, 1.165) is 15.6 Å². The Hall–Kier alpha value is -2.92. The molecule has 0 aliphatic carbocycles. The fourth-order valence-electron chi connectivity index (χ4n) is 3.35. The first-order valence-electron chi connectivity index (χ1n) is 9.04. The van der Waals surface area contributed by atoms with Crippen LogP contribution >= 0.6 is 15.9 Å². The second kappa shape index (κ2) is 7.60. The molecular formula is C23H19BrN2O2. The second-order valence-electron chi connectivity index (χ2n) is 6.85. The first-order chi connectivity index (χ1) is 13.5. The van der Waals surface area contributed by atoms with E-state index in [2.05, 4.69) is 21.0 Å². The highest BCUT2D eigenvalue weighted by Gasteiger charge is 2.34. The smallest absolute Gasteiger partial charge is 0.274 e. The monoisotopic (exact) mass is 434 g/mol. The molecule has 1 N–H and O–H groups in total. The largest absolute Gasteiger partial charge is 0.507 e. The first-order valence-corrected chi connectivity index (χ1v) is 9.84. The number of phenols is 1. The Morgan fingerprint density at radius 2 is 1.71 bits per heavy atom. The van der Waals surface area contributed by atoms with E-state index in [9.17, 15) is 9.90 Å². The number of aromatic hydroxyl groups is 1. The summed E-state index contributed by atoms with van der Waals surface area (Å²) in [5, 5.41) is 16.4. The van der Waals surface area contributed by atoms with Gasteiger partial charge in [-0.2, -0.15) is 5.10 Å². The molecule has 1 unspecified atom stereocenters. The number of hydrazone groups is 1. The van der Waals surface area contributed by atoms with Crippen molar-refractivity contribution in [2.75, 3.05) is 0 Å². The molecule has 0 saturated heterocycles. The molecule has 1 atom stereocenters. The van der Waals surface area contributed by atoms with Crippen LogP contribution in [0.3, 0.4) is 0 Å². The van der Waals surface area contributed by atoms with Gasteiger partial charge >= 0.3 is 0 Å². The van der Waals surface area contributed by atoms with Crippen molar-refractivity contribution in [3.05, 3.63) is 99.5 Å². The van der Waals surface area contributed by atoms with Crippen molar-refractivity contribution in [3.8, 4) is 5.75 Å². The minimum atomic E-state index is -0.225. The predicted octanol–water partition coefficient (Wildman–Crippen LogP) is 5.45. The third-order valence-electron chi connectivity index (χ3n) is 4.89. The standard InChI is InChI=1S/C23H19BrN2O2/c1-15-6-8-17(9-7-15)23(28)26-21(16-10-12-18(24)13-11-16)14-20(25-26)19-4-2-3-5-22(19)27/h2-13,21,27H,14H2,1H3. The van der Waals surface area contributed by atoms with Gasteiger partial charge in [0.05, 0.1) is 11.8 Å². The van der Waals surface area contributed by atoms with Crippen LogP contribution in [0.1, 0.15) is 39.5 Å². The normalized spacial score (nSPS) is 16.1. The number of carbonyl (C=O) groups is 1. The molecule has 3 aromatic carbocycles. The summed E-state index contributed by atoms with van der Waals surface area (Å²) in [6.45, 7) is 1.99. The number of amides is 1. The molecule has 1 amide bonds. The maximum Gasteiger partial charge on any atom is 0.274 e. The lowest BCUT2D eigenvalue weighted by Gasteiger charge is -2.22. The number of aryl methyl sites for hydroxylation is 1. The van der Waals surface area contributed by atoms with E-state index in [1.807, 2.05) is 67.6 Å². The van der Waals surface area contributed by atoms with Crippen molar-refractivity contribution < 1.29 is 9.90 Å². The summed E-state index contributed by atoms with van der Waals surface area (Å²) in [5.41, 5.74) is 4.05. The quantitative estimate of drug-likeness (QED) is 0.595. The first kappa shape index (κ1) is 18.4. The van der Waals surface area contributed by atoms with Gasteiger partial charge in [-0.25, -0.2) is 5.01 Å². The Bertz CT molecular complexity index is 1040. The topological polar surface area (TPSA) is 52.9 Å². The second-order valence-corrected chi connectivity index (χ2v) is 7.77. The van der Waals surface area contributed by atoms with E-state index in [1.165, 1.54) is 5.01 Å². The zero-order valence-corrected chi connectivity index (χ0v) is 16.9. The molecule has 1 aliphatic rings. The molecule has 0 radical (unpaired) electrons. The molecule has 28 heavy (non-hydrogen) atoms. The molecule has 3 aromatic rings. The Kier molecular flexibility index (Phi) is 5.01. The summed E-state index contributed by atoms with van der Waals surface area (Å²) in [5.74, 6) is 0.0128. The molecule has 5 heteroatoms. The van der Waals surface area contributed by atoms with Gasteiger partial charge in [-0.15, -0.1) is 0 Å². The number of hydrogen-bond acceptors (Lipinski definition) is 3. The van der Waals surface area contributed by atoms with Crippen LogP contribution in [-0.4, -0.2) is 21.7 Å². The Morgan fingerprint density at radius 1 is 1.04 bits per heavy atom. The summed E-state index contributed by atoms with van der Waals surface area (Å²) in [6.07, 6.45) is 0.538. The summed E-state index contributed by atoms with van der Waals surface area (Å²) >= 11 is 3.46. The SMILES string of the molecule is Cc1ccc(C(=O)N2N=C(c3ccccc3O)CC2c2ccc(Br)cc2)cc1. The third-order valence-corrected chi connectivity index (χ3v) is 5.42. The minimum absolute atomic E-state index is 0.154.